The molecule has 0 amide bonds. The normalized spacial score (nSPS) is 45.8. The number of hydrogen-bond acceptors (Lipinski definition) is 3. The molecule has 2 rings (SSSR count). The SMILES string of the molecule is C=C1[C@H](O)[C@H](O)C[C@]2(C)CC[C@@H](C(C)(C)O)C[C@@H]12. The van der Waals surface area contributed by atoms with Gasteiger partial charge in [0.15, 0.2) is 0 Å². The predicted molar refractivity (Wildman–Crippen MR) is 71.0 cm³/mol. The number of aliphatic hydroxyl groups is 3. The van der Waals surface area contributed by atoms with Crippen LogP contribution in [-0.2, 0) is 0 Å². The summed E-state index contributed by atoms with van der Waals surface area (Å²) in [6, 6.07) is 0. The molecule has 0 aromatic rings. The van der Waals surface area contributed by atoms with Gasteiger partial charge in [0.1, 0.15) is 6.10 Å². The van der Waals surface area contributed by atoms with E-state index >= 15 is 0 Å². The summed E-state index contributed by atoms with van der Waals surface area (Å²) in [5.74, 6) is 0.454. The molecule has 2 saturated carbocycles. The van der Waals surface area contributed by atoms with Crippen LogP contribution in [0.25, 0.3) is 0 Å². The zero-order valence-corrected chi connectivity index (χ0v) is 11.7. The van der Waals surface area contributed by atoms with E-state index in [4.69, 9.17) is 0 Å². The molecule has 0 aliphatic heterocycles. The van der Waals surface area contributed by atoms with E-state index in [9.17, 15) is 15.3 Å². The van der Waals surface area contributed by atoms with Gasteiger partial charge in [-0.1, -0.05) is 13.5 Å². The number of aliphatic hydroxyl groups excluding tert-OH is 2. The summed E-state index contributed by atoms with van der Waals surface area (Å²) in [5.41, 5.74) is 0.102. The standard InChI is InChI=1S/C15H26O3/c1-9-11-7-10(14(2,3)18)5-6-15(11,4)8-12(16)13(9)17/h10-13,16-18H,1,5-8H2,2-4H3/t10-,11+,12-,13+,15+/m1/s1. The van der Waals surface area contributed by atoms with Crippen molar-refractivity contribution in [1.29, 1.82) is 0 Å². The fourth-order valence-electron chi connectivity index (χ4n) is 3.89. The molecule has 0 radical (unpaired) electrons. The van der Waals surface area contributed by atoms with Crippen molar-refractivity contribution in [2.45, 2.75) is 64.3 Å². The van der Waals surface area contributed by atoms with Gasteiger partial charge in [-0.25, -0.2) is 0 Å². The summed E-state index contributed by atoms with van der Waals surface area (Å²) in [6.45, 7) is 9.90. The Labute approximate surface area is 110 Å². The van der Waals surface area contributed by atoms with Crippen LogP contribution in [-0.4, -0.2) is 33.1 Å². The first-order valence-corrected chi connectivity index (χ1v) is 6.92. The predicted octanol–water partition coefficient (Wildman–Crippen LogP) is 1.86. The molecular weight excluding hydrogens is 228 g/mol. The lowest BCUT2D eigenvalue weighted by molar-refractivity contribution is -0.0868. The van der Waals surface area contributed by atoms with E-state index in [0.717, 1.165) is 24.8 Å². The van der Waals surface area contributed by atoms with E-state index in [1.54, 1.807) is 0 Å². The monoisotopic (exact) mass is 254 g/mol. The highest BCUT2D eigenvalue weighted by molar-refractivity contribution is 5.20. The van der Waals surface area contributed by atoms with E-state index in [1.807, 2.05) is 13.8 Å². The minimum Gasteiger partial charge on any atom is -0.390 e. The van der Waals surface area contributed by atoms with Gasteiger partial charge in [0, 0.05) is 0 Å². The molecule has 3 nitrogen and oxygen atoms in total. The van der Waals surface area contributed by atoms with Crippen LogP contribution in [0, 0.1) is 17.3 Å². The molecule has 3 heteroatoms. The van der Waals surface area contributed by atoms with E-state index in [1.165, 1.54) is 0 Å². The topological polar surface area (TPSA) is 60.7 Å². The van der Waals surface area contributed by atoms with E-state index in [-0.39, 0.29) is 17.3 Å². The van der Waals surface area contributed by atoms with Crippen molar-refractivity contribution in [2.75, 3.05) is 0 Å². The molecule has 3 N–H and O–H groups in total. The highest BCUT2D eigenvalue weighted by atomic mass is 16.3. The summed E-state index contributed by atoms with van der Waals surface area (Å²) < 4.78 is 0. The molecule has 0 spiro atoms. The molecule has 104 valence electrons. The Morgan fingerprint density at radius 1 is 1.33 bits per heavy atom. The third kappa shape index (κ3) is 2.24. The molecule has 0 unspecified atom stereocenters. The Kier molecular flexibility index (Phi) is 3.37. The fourth-order valence-corrected chi connectivity index (χ4v) is 3.89. The highest BCUT2D eigenvalue weighted by Gasteiger charge is 2.50. The van der Waals surface area contributed by atoms with Gasteiger partial charge in [-0.3, -0.25) is 0 Å². The third-order valence-corrected chi connectivity index (χ3v) is 5.29. The van der Waals surface area contributed by atoms with Crippen LogP contribution in [0.4, 0.5) is 0 Å². The molecule has 18 heavy (non-hydrogen) atoms. The third-order valence-electron chi connectivity index (χ3n) is 5.29. The fraction of sp³-hybridized carbons (Fsp3) is 0.867. The second kappa shape index (κ2) is 4.32. The van der Waals surface area contributed by atoms with Gasteiger partial charge < -0.3 is 15.3 Å². The Bertz CT molecular complexity index is 344. The molecule has 0 aromatic carbocycles. The lowest BCUT2D eigenvalue weighted by Gasteiger charge is -2.53. The lowest BCUT2D eigenvalue weighted by atomic mass is 9.54. The van der Waals surface area contributed by atoms with E-state index in [2.05, 4.69) is 13.5 Å². The Morgan fingerprint density at radius 3 is 2.50 bits per heavy atom. The maximum absolute atomic E-state index is 10.2. The van der Waals surface area contributed by atoms with Crippen LogP contribution in [0.1, 0.15) is 46.5 Å². The first kappa shape index (κ1) is 14.0. The molecule has 0 saturated heterocycles. The van der Waals surface area contributed by atoms with Gasteiger partial charge in [0.25, 0.3) is 0 Å². The van der Waals surface area contributed by atoms with Crippen molar-refractivity contribution >= 4 is 0 Å². The molecule has 0 heterocycles. The molecule has 5 atom stereocenters. The highest BCUT2D eigenvalue weighted by Crippen LogP contribution is 2.54. The van der Waals surface area contributed by atoms with Crippen LogP contribution in [0.2, 0.25) is 0 Å². The van der Waals surface area contributed by atoms with Crippen molar-refractivity contribution in [1.82, 2.24) is 0 Å². The van der Waals surface area contributed by atoms with Crippen LogP contribution < -0.4 is 0 Å². The molecule has 2 aliphatic rings. The van der Waals surface area contributed by atoms with E-state index < -0.39 is 17.8 Å². The number of hydrogen-bond donors (Lipinski definition) is 3. The average Bonchev–Trinajstić information content (AvgIpc) is 2.24. The van der Waals surface area contributed by atoms with Crippen LogP contribution in [0.15, 0.2) is 12.2 Å². The number of fused-ring (bicyclic) bond motifs is 1. The summed E-state index contributed by atoms with van der Waals surface area (Å²) in [6.07, 6.45) is 1.97. The van der Waals surface area contributed by atoms with Crippen molar-refractivity contribution in [2.24, 2.45) is 17.3 Å². The van der Waals surface area contributed by atoms with Crippen molar-refractivity contribution in [3.63, 3.8) is 0 Å². The molecule has 0 aromatic heterocycles. The van der Waals surface area contributed by atoms with Gasteiger partial charge in [-0.2, -0.15) is 0 Å². The Morgan fingerprint density at radius 2 is 1.94 bits per heavy atom. The van der Waals surface area contributed by atoms with Crippen LogP contribution >= 0.6 is 0 Å². The zero-order valence-electron chi connectivity index (χ0n) is 11.7. The first-order valence-electron chi connectivity index (χ1n) is 6.92. The smallest absolute Gasteiger partial charge is 0.101 e. The summed E-state index contributed by atoms with van der Waals surface area (Å²) in [5, 5.41) is 30.1. The first-order chi connectivity index (χ1) is 8.15. The summed E-state index contributed by atoms with van der Waals surface area (Å²) >= 11 is 0. The van der Waals surface area contributed by atoms with Crippen LogP contribution in [0.5, 0.6) is 0 Å². The van der Waals surface area contributed by atoms with Gasteiger partial charge in [0.05, 0.1) is 11.7 Å². The molecule has 0 bridgehead atoms. The maximum atomic E-state index is 10.2. The van der Waals surface area contributed by atoms with Crippen molar-refractivity contribution in [3.05, 3.63) is 12.2 Å². The van der Waals surface area contributed by atoms with Gasteiger partial charge in [-0.15, -0.1) is 0 Å². The van der Waals surface area contributed by atoms with Crippen molar-refractivity contribution < 1.29 is 15.3 Å². The Balaban J connectivity index is 2.22. The zero-order chi connectivity index (χ0) is 13.7. The largest absolute Gasteiger partial charge is 0.390 e. The number of rotatable bonds is 1. The molecule has 2 aliphatic carbocycles. The van der Waals surface area contributed by atoms with Crippen molar-refractivity contribution in [3.8, 4) is 0 Å². The minimum absolute atomic E-state index is 0.0253. The van der Waals surface area contributed by atoms with Gasteiger partial charge in [0.2, 0.25) is 0 Å². The lowest BCUT2D eigenvalue weighted by Crippen LogP contribution is -2.51. The second-order valence-electron chi connectivity index (χ2n) is 7.12. The van der Waals surface area contributed by atoms with Crippen LogP contribution in [0.3, 0.4) is 0 Å². The molecular formula is C15H26O3. The average molecular weight is 254 g/mol. The van der Waals surface area contributed by atoms with E-state index in [0.29, 0.717) is 6.42 Å². The summed E-state index contributed by atoms with van der Waals surface area (Å²) in [7, 11) is 0. The Hall–Kier alpha value is -0.380. The summed E-state index contributed by atoms with van der Waals surface area (Å²) in [4.78, 5) is 0. The second-order valence-corrected chi connectivity index (χ2v) is 7.12. The quantitative estimate of drug-likeness (QED) is 0.626. The van der Waals surface area contributed by atoms with Gasteiger partial charge >= 0.3 is 0 Å². The minimum atomic E-state index is -0.802. The molecule has 2 fully saturated rings. The maximum Gasteiger partial charge on any atom is 0.101 e. The van der Waals surface area contributed by atoms with Gasteiger partial charge in [-0.05, 0) is 62.4 Å².